The number of aryl methyl sites for hydroxylation is 1. The topological polar surface area (TPSA) is 78.5 Å². The monoisotopic (exact) mass is 429 g/mol. The predicted molar refractivity (Wildman–Crippen MR) is 105 cm³/mol. The van der Waals surface area contributed by atoms with Crippen molar-refractivity contribution < 1.29 is 14.4 Å². The summed E-state index contributed by atoms with van der Waals surface area (Å²) in [5, 5.41) is 3.48. The third-order valence-corrected chi connectivity index (χ3v) is 5.06. The van der Waals surface area contributed by atoms with Gasteiger partial charge in [0, 0.05) is 4.47 Å². The van der Waals surface area contributed by atoms with Crippen LogP contribution in [0.4, 0.5) is 4.79 Å². The fourth-order valence-electron chi connectivity index (χ4n) is 2.95. The molecule has 140 valence electrons. The molecular weight excluding hydrogens is 410 g/mol. The maximum atomic E-state index is 12.7. The van der Waals surface area contributed by atoms with Crippen LogP contribution in [0.5, 0.6) is 0 Å². The number of hydrazine groups is 1. The summed E-state index contributed by atoms with van der Waals surface area (Å²) in [6.07, 6.45) is 1.16. The molecule has 1 unspecified atom stereocenters. The number of carbonyl (C=O) groups is 3. The number of nitrogens with one attached hydrogen (secondary N) is 2. The van der Waals surface area contributed by atoms with Crippen LogP contribution in [-0.4, -0.2) is 28.4 Å². The quantitative estimate of drug-likeness (QED) is 0.692. The van der Waals surface area contributed by atoms with E-state index in [-0.39, 0.29) is 6.42 Å². The molecule has 1 saturated heterocycles. The normalized spacial score (nSPS) is 19.1. The Kier molecular flexibility index (Phi) is 5.60. The summed E-state index contributed by atoms with van der Waals surface area (Å²) in [7, 11) is 0. The number of halogens is 1. The van der Waals surface area contributed by atoms with Crippen molar-refractivity contribution >= 4 is 33.8 Å². The zero-order valence-corrected chi connectivity index (χ0v) is 16.5. The lowest BCUT2D eigenvalue weighted by molar-refractivity contribution is -0.138. The summed E-state index contributed by atoms with van der Waals surface area (Å²) in [4.78, 5) is 37.2. The van der Waals surface area contributed by atoms with Gasteiger partial charge >= 0.3 is 6.03 Å². The van der Waals surface area contributed by atoms with Crippen LogP contribution >= 0.6 is 15.9 Å². The molecule has 0 bridgehead atoms. The minimum atomic E-state index is -1.04. The second kappa shape index (κ2) is 7.92. The van der Waals surface area contributed by atoms with Gasteiger partial charge in [0.25, 0.3) is 5.91 Å². The average molecular weight is 430 g/mol. The molecular formula is C20H20BrN3O3. The van der Waals surface area contributed by atoms with Gasteiger partial charge in [-0.05, 0) is 43.0 Å². The SMILES string of the molecule is CC1(CCc2ccccc2)NC(=O)N(NC(=O)Cc2ccc(Br)cc2)C1=O. The Labute approximate surface area is 166 Å². The number of nitrogens with zero attached hydrogens (tertiary/aromatic N) is 1. The van der Waals surface area contributed by atoms with Crippen molar-refractivity contribution in [1.29, 1.82) is 0 Å². The van der Waals surface area contributed by atoms with Crippen LogP contribution < -0.4 is 10.7 Å². The Balaban J connectivity index is 1.61. The number of hydrogen-bond donors (Lipinski definition) is 2. The van der Waals surface area contributed by atoms with Gasteiger partial charge in [-0.1, -0.05) is 58.4 Å². The molecule has 0 radical (unpaired) electrons. The summed E-state index contributed by atoms with van der Waals surface area (Å²) in [6, 6.07) is 16.4. The van der Waals surface area contributed by atoms with Gasteiger partial charge in [0.05, 0.1) is 6.42 Å². The Bertz CT molecular complexity index is 855. The van der Waals surface area contributed by atoms with Crippen LogP contribution in [0.3, 0.4) is 0 Å². The molecule has 0 saturated carbocycles. The van der Waals surface area contributed by atoms with Crippen LogP contribution in [0.15, 0.2) is 59.1 Å². The molecule has 1 atom stereocenters. The Morgan fingerprint density at radius 3 is 2.41 bits per heavy atom. The summed E-state index contributed by atoms with van der Waals surface area (Å²) in [5.41, 5.74) is 3.24. The summed E-state index contributed by atoms with van der Waals surface area (Å²) < 4.78 is 0.912. The van der Waals surface area contributed by atoms with Crippen LogP contribution in [0.1, 0.15) is 24.5 Å². The van der Waals surface area contributed by atoms with Gasteiger partial charge in [-0.2, -0.15) is 5.01 Å². The van der Waals surface area contributed by atoms with Gasteiger partial charge in [0.2, 0.25) is 5.91 Å². The van der Waals surface area contributed by atoms with Gasteiger partial charge in [-0.15, -0.1) is 0 Å². The molecule has 1 fully saturated rings. The highest BCUT2D eigenvalue weighted by atomic mass is 79.9. The molecule has 0 aliphatic carbocycles. The molecule has 6 nitrogen and oxygen atoms in total. The van der Waals surface area contributed by atoms with E-state index >= 15 is 0 Å². The molecule has 2 aromatic rings. The maximum absolute atomic E-state index is 12.7. The highest BCUT2D eigenvalue weighted by Crippen LogP contribution is 2.22. The molecule has 4 amide bonds. The van der Waals surface area contributed by atoms with Gasteiger partial charge in [0.1, 0.15) is 5.54 Å². The molecule has 2 N–H and O–H groups in total. The lowest BCUT2D eigenvalue weighted by Crippen LogP contribution is -2.49. The van der Waals surface area contributed by atoms with Crippen LogP contribution in [0.2, 0.25) is 0 Å². The number of urea groups is 1. The predicted octanol–water partition coefficient (Wildman–Crippen LogP) is 2.97. The van der Waals surface area contributed by atoms with E-state index in [4.69, 9.17) is 0 Å². The van der Waals surface area contributed by atoms with Gasteiger partial charge < -0.3 is 5.32 Å². The van der Waals surface area contributed by atoms with Crippen LogP contribution in [-0.2, 0) is 22.4 Å². The van der Waals surface area contributed by atoms with Crippen molar-refractivity contribution in [2.45, 2.75) is 31.7 Å². The van der Waals surface area contributed by atoms with Crippen molar-refractivity contribution in [2.75, 3.05) is 0 Å². The van der Waals surface area contributed by atoms with E-state index in [1.54, 1.807) is 19.1 Å². The van der Waals surface area contributed by atoms with E-state index in [0.717, 1.165) is 20.6 Å². The number of hydrogen-bond acceptors (Lipinski definition) is 3. The van der Waals surface area contributed by atoms with Crippen molar-refractivity contribution in [2.24, 2.45) is 0 Å². The Morgan fingerprint density at radius 1 is 1.07 bits per heavy atom. The summed E-state index contributed by atoms with van der Waals surface area (Å²) in [5.74, 6) is -0.874. The standard InChI is InChI=1S/C20H20BrN3O3/c1-20(12-11-14-5-3-2-4-6-14)18(26)24(19(27)22-20)23-17(25)13-15-7-9-16(21)10-8-15/h2-10H,11-13H2,1H3,(H,22,27)(H,23,25). The van der Waals surface area contributed by atoms with E-state index in [9.17, 15) is 14.4 Å². The Morgan fingerprint density at radius 2 is 1.74 bits per heavy atom. The van der Waals surface area contributed by atoms with Crippen molar-refractivity contribution in [3.8, 4) is 0 Å². The zero-order valence-electron chi connectivity index (χ0n) is 14.9. The van der Waals surface area contributed by atoms with Crippen LogP contribution in [0.25, 0.3) is 0 Å². The number of carbonyl (C=O) groups excluding carboxylic acids is 3. The summed E-state index contributed by atoms with van der Waals surface area (Å²) in [6.45, 7) is 1.68. The van der Waals surface area contributed by atoms with E-state index in [2.05, 4.69) is 26.7 Å². The second-order valence-electron chi connectivity index (χ2n) is 6.73. The molecule has 1 aliphatic rings. The third kappa shape index (κ3) is 4.54. The first-order chi connectivity index (χ1) is 12.9. The fourth-order valence-corrected chi connectivity index (χ4v) is 3.21. The third-order valence-electron chi connectivity index (χ3n) is 4.53. The van der Waals surface area contributed by atoms with E-state index in [0.29, 0.717) is 12.8 Å². The highest BCUT2D eigenvalue weighted by Gasteiger charge is 2.48. The molecule has 0 spiro atoms. The van der Waals surface area contributed by atoms with Crippen molar-refractivity contribution in [3.63, 3.8) is 0 Å². The van der Waals surface area contributed by atoms with Gasteiger partial charge in [0.15, 0.2) is 0 Å². The maximum Gasteiger partial charge on any atom is 0.344 e. The van der Waals surface area contributed by atoms with E-state index in [1.807, 2.05) is 42.5 Å². The number of benzene rings is 2. The number of imide groups is 1. The molecule has 2 aromatic carbocycles. The van der Waals surface area contributed by atoms with Crippen LogP contribution in [0, 0.1) is 0 Å². The first-order valence-corrected chi connectivity index (χ1v) is 9.41. The fraction of sp³-hybridized carbons (Fsp3) is 0.250. The first-order valence-electron chi connectivity index (χ1n) is 8.62. The van der Waals surface area contributed by atoms with Crippen molar-refractivity contribution in [3.05, 3.63) is 70.2 Å². The first kappa shape index (κ1) is 19.1. The Hall–Kier alpha value is -2.67. The van der Waals surface area contributed by atoms with E-state index in [1.165, 1.54) is 0 Å². The second-order valence-corrected chi connectivity index (χ2v) is 7.64. The molecule has 1 heterocycles. The van der Waals surface area contributed by atoms with E-state index < -0.39 is 23.4 Å². The van der Waals surface area contributed by atoms with Crippen molar-refractivity contribution in [1.82, 2.24) is 15.8 Å². The molecule has 0 aromatic heterocycles. The number of rotatable bonds is 6. The summed E-state index contributed by atoms with van der Waals surface area (Å²) >= 11 is 3.34. The minimum Gasteiger partial charge on any atom is -0.322 e. The molecule has 7 heteroatoms. The molecule has 1 aliphatic heterocycles. The van der Waals surface area contributed by atoms with Gasteiger partial charge in [-0.25, -0.2) is 4.79 Å². The molecule has 3 rings (SSSR count). The lowest BCUT2D eigenvalue weighted by atomic mass is 9.93. The largest absolute Gasteiger partial charge is 0.344 e. The lowest BCUT2D eigenvalue weighted by Gasteiger charge is -2.21. The van der Waals surface area contributed by atoms with Gasteiger partial charge in [-0.3, -0.25) is 15.0 Å². The highest BCUT2D eigenvalue weighted by molar-refractivity contribution is 9.10. The minimum absolute atomic E-state index is 0.0745. The molecule has 27 heavy (non-hydrogen) atoms. The number of amides is 4. The smallest absolute Gasteiger partial charge is 0.322 e. The zero-order chi connectivity index (χ0) is 19.4. The average Bonchev–Trinajstić information content (AvgIpc) is 2.86.